The van der Waals surface area contributed by atoms with Gasteiger partial charge in [0.15, 0.2) is 17.4 Å². The van der Waals surface area contributed by atoms with Crippen LogP contribution in [-0.4, -0.2) is 5.11 Å². The number of benzene rings is 2. The predicted octanol–water partition coefficient (Wildman–Crippen LogP) is 3.83. The smallest absolute Gasteiger partial charge is 0.187 e. The molecule has 106 valence electrons. The van der Waals surface area contributed by atoms with Gasteiger partial charge in [-0.3, -0.25) is 0 Å². The van der Waals surface area contributed by atoms with E-state index in [1.54, 1.807) is 0 Å². The fourth-order valence-corrected chi connectivity index (χ4v) is 1.96. The maximum absolute atomic E-state index is 13.2. The first kappa shape index (κ1) is 14.5. The van der Waals surface area contributed by atoms with Crippen molar-refractivity contribution >= 4 is 0 Å². The van der Waals surface area contributed by atoms with Crippen LogP contribution in [0, 0.1) is 18.6 Å². The summed E-state index contributed by atoms with van der Waals surface area (Å²) in [5.41, 5.74) is 2.75. The average Bonchev–Trinajstić information content (AvgIpc) is 2.42. The summed E-state index contributed by atoms with van der Waals surface area (Å²) in [7, 11) is 0. The molecule has 0 aliphatic heterocycles. The van der Waals surface area contributed by atoms with Gasteiger partial charge in [0.05, 0.1) is 0 Å². The highest BCUT2D eigenvalue weighted by atomic mass is 19.1. The molecule has 0 fully saturated rings. The molecular formula is C16H17F2NO. The summed E-state index contributed by atoms with van der Waals surface area (Å²) >= 11 is 0. The van der Waals surface area contributed by atoms with Crippen LogP contribution in [0.2, 0.25) is 0 Å². The summed E-state index contributed by atoms with van der Waals surface area (Å²) in [4.78, 5) is 0. The van der Waals surface area contributed by atoms with Gasteiger partial charge in [-0.25, -0.2) is 8.78 Å². The zero-order chi connectivity index (χ0) is 14.7. The van der Waals surface area contributed by atoms with E-state index >= 15 is 0 Å². The second-order valence-corrected chi connectivity index (χ2v) is 4.92. The first-order valence-corrected chi connectivity index (χ1v) is 6.44. The van der Waals surface area contributed by atoms with E-state index in [4.69, 9.17) is 5.11 Å². The molecule has 0 saturated heterocycles. The fourth-order valence-electron chi connectivity index (χ4n) is 1.96. The number of hydrogen-bond acceptors (Lipinski definition) is 2. The molecule has 0 aliphatic carbocycles. The number of phenols is 1. The Kier molecular flexibility index (Phi) is 4.35. The molecule has 2 aromatic carbocycles. The highest BCUT2D eigenvalue weighted by Crippen LogP contribution is 2.22. The average molecular weight is 277 g/mol. The summed E-state index contributed by atoms with van der Waals surface area (Å²) in [5.74, 6) is -2.81. The number of aromatic hydroxyl groups is 1. The first-order valence-electron chi connectivity index (χ1n) is 6.44. The Bertz CT molecular complexity index is 573. The lowest BCUT2D eigenvalue weighted by atomic mass is 10.1. The standard InChI is InChI=1S/C16H17F2NO/c1-10-3-5-13(6-4-10)11(2)19-9-12-7-14(17)16(20)15(18)8-12/h3-8,11,19-20H,9H2,1-2H3. The molecule has 0 saturated carbocycles. The van der Waals surface area contributed by atoms with E-state index in [9.17, 15) is 8.78 Å². The normalized spacial score (nSPS) is 12.4. The van der Waals surface area contributed by atoms with Crippen LogP contribution in [0.5, 0.6) is 5.75 Å². The predicted molar refractivity (Wildman–Crippen MR) is 74.5 cm³/mol. The van der Waals surface area contributed by atoms with Crippen LogP contribution >= 0.6 is 0 Å². The minimum atomic E-state index is -0.940. The molecule has 0 radical (unpaired) electrons. The zero-order valence-corrected chi connectivity index (χ0v) is 11.5. The third-order valence-corrected chi connectivity index (χ3v) is 3.27. The lowest BCUT2D eigenvalue weighted by Gasteiger charge is -2.15. The second-order valence-electron chi connectivity index (χ2n) is 4.92. The van der Waals surface area contributed by atoms with Crippen molar-refractivity contribution in [3.8, 4) is 5.75 Å². The van der Waals surface area contributed by atoms with Crippen LogP contribution in [0.1, 0.15) is 29.7 Å². The number of rotatable bonds is 4. The van der Waals surface area contributed by atoms with E-state index < -0.39 is 17.4 Å². The number of hydrogen-bond donors (Lipinski definition) is 2. The Hall–Kier alpha value is -1.94. The number of aryl methyl sites for hydroxylation is 1. The van der Waals surface area contributed by atoms with Crippen molar-refractivity contribution in [1.82, 2.24) is 5.32 Å². The summed E-state index contributed by atoms with van der Waals surface area (Å²) in [6.45, 7) is 4.32. The molecule has 0 aromatic heterocycles. The molecule has 0 spiro atoms. The molecule has 0 aliphatic rings. The van der Waals surface area contributed by atoms with Gasteiger partial charge in [0.2, 0.25) is 0 Å². The largest absolute Gasteiger partial charge is 0.503 e. The quantitative estimate of drug-likeness (QED) is 0.890. The summed E-state index contributed by atoms with van der Waals surface area (Å²) in [6, 6.07) is 10.4. The van der Waals surface area contributed by atoms with Gasteiger partial charge in [-0.2, -0.15) is 0 Å². The maximum Gasteiger partial charge on any atom is 0.187 e. The van der Waals surface area contributed by atoms with Crippen LogP contribution in [0.15, 0.2) is 36.4 Å². The molecule has 2 nitrogen and oxygen atoms in total. The summed E-state index contributed by atoms with van der Waals surface area (Å²) in [5, 5.41) is 12.2. The van der Waals surface area contributed by atoms with Crippen molar-refractivity contribution < 1.29 is 13.9 Å². The summed E-state index contributed by atoms with van der Waals surface area (Å²) in [6.07, 6.45) is 0. The topological polar surface area (TPSA) is 32.3 Å². The van der Waals surface area contributed by atoms with Gasteiger partial charge in [-0.1, -0.05) is 29.8 Å². The highest BCUT2D eigenvalue weighted by Gasteiger charge is 2.10. The zero-order valence-electron chi connectivity index (χ0n) is 11.5. The van der Waals surface area contributed by atoms with Crippen LogP contribution in [0.4, 0.5) is 8.78 Å². The second kappa shape index (κ2) is 6.01. The fraction of sp³-hybridized carbons (Fsp3) is 0.250. The summed E-state index contributed by atoms with van der Waals surface area (Å²) < 4.78 is 26.4. The minimum Gasteiger partial charge on any atom is -0.503 e. The highest BCUT2D eigenvalue weighted by molar-refractivity contribution is 5.30. The van der Waals surface area contributed by atoms with Crippen LogP contribution < -0.4 is 5.32 Å². The minimum absolute atomic E-state index is 0.0653. The van der Waals surface area contributed by atoms with E-state index in [1.165, 1.54) is 5.56 Å². The van der Waals surface area contributed by atoms with Crippen molar-refractivity contribution in [1.29, 1.82) is 0 Å². The van der Waals surface area contributed by atoms with Gasteiger partial charge in [-0.05, 0) is 37.1 Å². The monoisotopic (exact) mass is 277 g/mol. The van der Waals surface area contributed by atoms with Crippen LogP contribution in [0.25, 0.3) is 0 Å². The third kappa shape index (κ3) is 3.33. The number of nitrogens with one attached hydrogen (secondary N) is 1. The van der Waals surface area contributed by atoms with E-state index in [1.807, 2.05) is 38.1 Å². The van der Waals surface area contributed by atoms with Gasteiger partial charge < -0.3 is 10.4 Å². The molecule has 0 heterocycles. The SMILES string of the molecule is Cc1ccc(C(C)NCc2cc(F)c(O)c(F)c2)cc1. The van der Waals surface area contributed by atoms with E-state index in [0.29, 0.717) is 12.1 Å². The Morgan fingerprint density at radius 2 is 1.65 bits per heavy atom. The Morgan fingerprint density at radius 3 is 2.20 bits per heavy atom. The Labute approximate surface area is 117 Å². The molecule has 2 aromatic rings. The van der Waals surface area contributed by atoms with Crippen molar-refractivity contribution in [2.45, 2.75) is 26.4 Å². The first-order chi connectivity index (χ1) is 9.47. The molecule has 20 heavy (non-hydrogen) atoms. The Morgan fingerprint density at radius 1 is 1.10 bits per heavy atom. The van der Waals surface area contributed by atoms with Crippen molar-refractivity contribution in [3.05, 3.63) is 64.7 Å². The lowest BCUT2D eigenvalue weighted by molar-refractivity contribution is 0.394. The lowest BCUT2D eigenvalue weighted by Crippen LogP contribution is -2.18. The van der Waals surface area contributed by atoms with E-state index in [-0.39, 0.29) is 6.04 Å². The van der Waals surface area contributed by atoms with Crippen LogP contribution in [-0.2, 0) is 6.54 Å². The van der Waals surface area contributed by atoms with E-state index in [2.05, 4.69) is 5.32 Å². The van der Waals surface area contributed by atoms with E-state index in [0.717, 1.165) is 17.7 Å². The maximum atomic E-state index is 13.2. The molecule has 0 bridgehead atoms. The van der Waals surface area contributed by atoms with Gasteiger partial charge in [0.25, 0.3) is 0 Å². The Balaban J connectivity index is 2.03. The molecule has 2 rings (SSSR count). The van der Waals surface area contributed by atoms with Gasteiger partial charge >= 0.3 is 0 Å². The van der Waals surface area contributed by atoms with Crippen molar-refractivity contribution in [2.75, 3.05) is 0 Å². The molecular weight excluding hydrogens is 260 g/mol. The van der Waals surface area contributed by atoms with Gasteiger partial charge in [0.1, 0.15) is 0 Å². The van der Waals surface area contributed by atoms with Gasteiger partial charge in [-0.15, -0.1) is 0 Å². The molecule has 4 heteroatoms. The number of phenolic OH excluding ortho intramolecular Hbond substituents is 1. The van der Waals surface area contributed by atoms with Crippen molar-refractivity contribution in [3.63, 3.8) is 0 Å². The number of halogens is 2. The molecule has 1 atom stereocenters. The van der Waals surface area contributed by atoms with Gasteiger partial charge in [0, 0.05) is 12.6 Å². The molecule has 0 amide bonds. The third-order valence-electron chi connectivity index (χ3n) is 3.27. The molecule has 2 N–H and O–H groups in total. The van der Waals surface area contributed by atoms with Crippen LogP contribution in [0.3, 0.4) is 0 Å². The molecule has 1 unspecified atom stereocenters. The van der Waals surface area contributed by atoms with Crippen molar-refractivity contribution in [2.24, 2.45) is 0 Å².